The van der Waals surface area contributed by atoms with Gasteiger partial charge in [-0.05, 0) is 66.8 Å². The third-order valence-electron chi connectivity index (χ3n) is 5.83. The minimum absolute atomic E-state index is 0.0228. The molecule has 6 heteroatoms. The normalized spacial score (nSPS) is 16.2. The first kappa shape index (κ1) is 19.4. The van der Waals surface area contributed by atoms with E-state index in [0.29, 0.717) is 40.2 Å². The number of hydrogen-bond donors (Lipinski definition) is 0. The van der Waals surface area contributed by atoms with Gasteiger partial charge in [-0.1, -0.05) is 30.3 Å². The largest absolute Gasteiger partial charge is 0.438 e. The SMILES string of the molecule is Cc1ccccc1C(=O)N1CCC[C@@H]1c1nc2cc(-c3ccc(F)c(F)c3)ccc2o1. The van der Waals surface area contributed by atoms with E-state index in [0.717, 1.165) is 30.5 Å². The van der Waals surface area contributed by atoms with Gasteiger partial charge >= 0.3 is 0 Å². The number of amides is 1. The summed E-state index contributed by atoms with van der Waals surface area (Å²) < 4.78 is 32.9. The van der Waals surface area contributed by atoms with Crippen molar-refractivity contribution in [3.05, 3.63) is 89.3 Å². The zero-order chi connectivity index (χ0) is 21.5. The van der Waals surface area contributed by atoms with Gasteiger partial charge in [-0.25, -0.2) is 13.8 Å². The Morgan fingerprint density at radius 1 is 1.03 bits per heavy atom. The quantitative estimate of drug-likeness (QED) is 0.406. The molecule has 0 radical (unpaired) electrons. The second-order valence-electron chi connectivity index (χ2n) is 7.83. The van der Waals surface area contributed by atoms with Gasteiger partial charge in [-0.2, -0.15) is 0 Å². The number of nitrogens with zero attached hydrogens (tertiary/aromatic N) is 2. The Balaban J connectivity index is 1.47. The van der Waals surface area contributed by atoms with Crippen molar-refractivity contribution in [3.8, 4) is 11.1 Å². The van der Waals surface area contributed by atoms with Crippen LogP contribution in [0.4, 0.5) is 8.78 Å². The summed E-state index contributed by atoms with van der Waals surface area (Å²) >= 11 is 0. The van der Waals surface area contributed by atoms with E-state index in [4.69, 9.17) is 4.42 Å². The maximum atomic E-state index is 13.6. The number of benzene rings is 3. The summed E-state index contributed by atoms with van der Waals surface area (Å²) in [4.78, 5) is 19.6. The van der Waals surface area contributed by atoms with E-state index in [2.05, 4.69) is 4.98 Å². The molecular formula is C25H20F2N2O2. The van der Waals surface area contributed by atoms with E-state index in [9.17, 15) is 13.6 Å². The van der Waals surface area contributed by atoms with Gasteiger partial charge in [0.25, 0.3) is 5.91 Å². The highest BCUT2D eigenvalue weighted by molar-refractivity contribution is 5.96. The van der Waals surface area contributed by atoms with E-state index in [1.165, 1.54) is 6.07 Å². The van der Waals surface area contributed by atoms with Crippen molar-refractivity contribution in [3.63, 3.8) is 0 Å². The minimum atomic E-state index is -0.894. The number of likely N-dealkylation sites (tertiary alicyclic amines) is 1. The lowest BCUT2D eigenvalue weighted by Crippen LogP contribution is -2.31. The van der Waals surface area contributed by atoms with Gasteiger partial charge in [-0.3, -0.25) is 4.79 Å². The summed E-state index contributed by atoms with van der Waals surface area (Å²) in [5.74, 6) is -1.30. The number of carbonyl (C=O) groups is 1. The van der Waals surface area contributed by atoms with Gasteiger partial charge in [0, 0.05) is 12.1 Å². The van der Waals surface area contributed by atoms with Gasteiger partial charge in [0.1, 0.15) is 11.6 Å². The van der Waals surface area contributed by atoms with Crippen molar-refractivity contribution in [2.75, 3.05) is 6.54 Å². The summed E-state index contributed by atoms with van der Waals surface area (Å²) in [6, 6.07) is 16.5. The van der Waals surface area contributed by atoms with E-state index in [1.54, 1.807) is 18.2 Å². The fraction of sp³-hybridized carbons (Fsp3) is 0.200. The Hall–Kier alpha value is -3.54. The molecule has 156 valence electrons. The van der Waals surface area contributed by atoms with Gasteiger partial charge in [0.15, 0.2) is 17.2 Å². The molecule has 0 saturated carbocycles. The molecule has 1 aliphatic rings. The molecule has 3 aromatic carbocycles. The second-order valence-corrected chi connectivity index (χ2v) is 7.83. The molecule has 2 heterocycles. The third kappa shape index (κ3) is 3.48. The van der Waals surface area contributed by atoms with E-state index >= 15 is 0 Å². The van der Waals surface area contributed by atoms with Crippen LogP contribution in [0.15, 0.2) is 65.1 Å². The zero-order valence-electron chi connectivity index (χ0n) is 16.9. The maximum Gasteiger partial charge on any atom is 0.254 e. The Morgan fingerprint density at radius 2 is 1.81 bits per heavy atom. The third-order valence-corrected chi connectivity index (χ3v) is 5.83. The molecule has 1 fully saturated rings. The Morgan fingerprint density at radius 3 is 2.61 bits per heavy atom. The topological polar surface area (TPSA) is 46.3 Å². The van der Waals surface area contributed by atoms with Crippen molar-refractivity contribution in [1.29, 1.82) is 0 Å². The number of fused-ring (bicyclic) bond motifs is 1. The standard InChI is InChI=1S/C25H20F2N2O2/c1-15-5-2-3-6-18(15)25(30)29-12-4-7-22(29)24-28-21-14-17(9-11-23(21)31-24)16-8-10-19(26)20(27)13-16/h2-3,5-6,8-11,13-14,22H,4,7,12H2,1H3/t22-/m1/s1. The summed E-state index contributed by atoms with van der Waals surface area (Å²) in [5, 5.41) is 0. The van der Waals surface area contributed by atoms with Gasteiger partial charge in [0.05, 0.1) is 0 Å². The molecule has 0 bridgehead atoms. The van der Waals surface area contributed by atoms with Crippen molar-refractivity contribution < 1.29 is 18.0 Å². The van der Waals surface area contributed by atoms with Gasteiger partial charge in [-0.15, -0.1) is 0 Å². The average molecular weight is 418 g/mol. The average Bonchev–Trinajstić information content (AvgIpc) is 3.41. The first-order valence-corrected chi connectivity index (χ1v) is 10.2. The predicted octanol–water partition coefficient (Wildman–Crippen LogP) is 6.06. The van der Waals surface area contributed by atoms with E-state index in [-0.39, 0.29) is 11.9 Å². The van der Waals surface area contributed by atoms with Crippen LogP contribution in [-0.2, 0) is 0 Å². The van der Waals surface area contributed by atoms with Crippen LogP contribution in [0.5, 0.6) is 0 Å². The highest BCUT2D eigenvalue weighted by Gasteiger charge is 2.34. The van der Waals surface area contributed by atoms with Crippen molar-refractivity contribution in [1.82, 2.24) is 9.88 Å². The van der Waals surface area contributed by atoms with Crippen LogP contribution in [0.3, 0.4) is 0 Å². The molecule has 1 aromatic heterocycles. The van der Waals surface area contributed by atoms with Gasteiger partial charge in [0.2, 0.25) is 5.89 Å². The molecule has 31 heavy (non-hydrogen) atoms. The second kappa shape index (κ2) is 7.61. The monoisotopic (exact) mass is 418 g/mol. The number of halogens is 2. The molecule has 1 aliphatic heterocycles. The van der Waals surface area contributed by atoms with Crippen molar-refractivity contribution in [2.24, 2.45) is 0 Å². The molecular weight excluding hydrogens is 398 g/mol. The minimum Gasteiger partial charge on any atom is -0.438 e. The van der Waals surface area contributed by atoms with Crippen LogP contribution in [0.2, 0.25) is 0 Å². The van der Waals surface area contributed by atoms with Crippen LogP contribution in [0.1, 0.15) is 40.7 Å². The van der Waals surface area contributed by atoms with E-state index in [1.807, 2.05) is 36.1 Å². The Bertz CT molecular complexity index is 1300. The lowest BCUT2D eigenvalue weighted by Gasteiger charge is -2.23. The number of hydrogen-bond acceptors (Lipinski definition) is 3. The molecule has 1 atom stereocenters. The highest BCUT2D eigenvalue weighted by atomic mass is 19.2. The molecule has 5 rings (SSSR count). The number of aromatic nitrogens is 1. The molecule has 0 N–H and O–H groups in total. The number of aryl methyl sites for hydroxylation is 1. The fourth-order valence-corrected chi connectivity index (χ4v) is 4.18. The lowest BCUT2D eigenvalue weighted by atomic mass is 10.1. The molecule has 0 unspecified atom stereocenters. The van der Waals surface area contributed by atoms with Crippen LogP contribution in [0.25, 0.3) is 22.2 Å². The Labute approximate surface area is 178 Å². The highest BCUT2D eigenvalue weighted by Crippen LogP contribution is 2.35. The van der Waals surface area contributed by atoms with Crippen molar-refractivity contribution in [2.45, 2.75) is 25.8 Å². The number of oxazole rings is 1. The molecule has 4 aromatic rings. The van der Waals surface area contributed by atoms with E-state index < -0.39 is 11.6 Å². The predicted molar refractivity (Wildman–Crippen MR) is 114 cm³/mol. The lowest BCUT2D eigenvalue weighted by molar-refractivity contribution is 0.0716. The molecule has 1 amide bonds. The molecule has 4 nitrogen and oxygen atoms in total. The van der Waals surface area contributed by atoms with Crippen LogP contribution >= 0.6 is 0 Å². The molecule has 0 aliphatic carbocycles. The summed E-state index contributed by atoms with van der Waals surface area (Å²) in [7, 11) is 0. The first-order valence-electron chi connectivity index (χ1n) is 10.2. The van der Waals surface area contributed by atoms with Crippen LogP contribution < -0.4 is 0 Å². The summed E-state index contributed by atoms with van der Waals surface area (Å²) in [6.45, 7) is 2.58. The maximum absolute atomic E-state index is 13.6. The Kier molecular flexibility index (Phi) is 4.77. The smallest absolute Gasteiger partial charge is 0.254 e. The zero-order valence-corrected chi connectivity index (χ0v) is 16.9. The van der Waals surface area contributed by atoms with Gasteiger partial charge < -0.3 is 9.32 Å². The summed E-state index contributed by atoms with van der Waals surface area (Å²) in [6.07, 6.45) is 1.65. The summed E-state index contributed by atoms with van der Waals surface area (Å²) in [5.41, 5.74) is 4.11. The fourth-order valence-electron chi connectivity index (χ4n) is 4.18. The van der Waals surface area contributed by atoms with Crippen molar-refractivity contribution >= 4 is 17.0 Å². The number of carbonyl (C=O) groups excluding carboxylic acids is 1. The molecule has 0 spiro atoms. The van der Waals surface area contributed by atoms with Crippen LogP contribution in [-0.4, -0.2) is 22.3 Å². The number of rotatable bonds is 3. The molecule has 1 saturated heterocycles. The first-order chi connectivity index (χ1) is 15.0. The van der Waals surface area contributed by atoms with Crippen LogP contribution in [0, 0.1) is 18.6 Å².